The molecule has 1 amide bonds. The van der Waals surface area contributed by atoms with Gasteiger partial charge in [0.15, 0.2) is 0 Å². The molecule has 0 bridgehead atoms. The summed E-state index contributed by atoms with van der Waals surface area (Å²) in [5, 5.41) is 6.65. The van der Waals surface area contributed by atoms with Crippen LogP contribution in [0.15, 0.2) is 42.6 Å². The molecular weight excluding hydrogens is 337 g/mol. The number of amides is 1. The van der Waals surface area contributed by atoms with Crippen molar-refractivity contribution < 1.29 is 9.53 Å². The highest BCUT2D eigenvalue weighted by Gasteiger charge is 2.21. The Hall–Kier alpha value is -1.82. The van der Waals surface area contributed by atoms with Crippen molar-refractivity contribution in [1.82, 2.24) is 10.3 Å². The number of carbonyl (C=O) groups excluding carboxylic acids is 1. The van der Waals surface area contributed by atoms with Crippen molar-refractivity contribution >= 4 is 35.6 Å². The third kappa shape index (κ3) is 4.82. The number of hydrogen-bond acceptors (Lipinski definition) is 4. The number of benzene rings is 1. The second kappa shape index (κ2) is 8.15. The average molecular weight is 354 g/mol. The second-order valence-corrected chi connectivity index (χ2v) is 5.52. The Kier molecular flexibility index (Phi) is 6.21. The van der Waals surface area contributed by atoms with Crippen molar-refractivity contribution in [3.05, 3.63) is 47.6 Å². The van der Waals surface area contributed by atoms with Crippen molar-refractivity contribution in [1.29, 1.82) is 0 Å². The molecule has 1 aliphatic heterocycles. The highest BCUT2D eigenvalue weighted by molar-refractivity contribution is 6.30. The molecule has 3 rings (SSSR count). The molecule has 1 fully saturated rings. The average Bonchev–Trinajstić information content (AvgIpc) is 3.06. The first-order chi connectivity index (χ1) is 10.7. The van der Waals surface area contributed by atoms with Gasteiger partial charge in [-0.3, -0.25) is 4.79 Å². The summed E-state index contributed by atoms with van der Waals surface area (Å²) in [6.07, 6.45) is 3.49. The molecule has 122 valence electrons. The third-order valence-corrected chi connectivity index (χ3v) is 3.67. The van der Waals surface area contributed by atoms with Crippen LogP contribution in [0.1, 0.15) is 12.8 Å². The van der Waals surface area contributed by atoms with Gasteiger partial charge in [-0.25, -0.2) is 4.98 Å². The largest absolute Gasteiger partial charge is 0.439 e. The predicted molar refractivity (Wildman–Crippen MR) is 92.7 cm³/mol. The summed E-state index contributed by atoms with van der Waals surface area (Å²) in [6.45, 7) is 0.893. The van der Waals surface area contributed by atoms with Crippen molar-refractivity contribution in [2.45, 2.75) is 18.9 Å². The van der Waals surface area contributed by atoms with Gasteiger partial charge in [-0.05, 0) is 49.7 Å². The van der Waals surface area contributed by atoms with E-state index >= 15 is 0 Å². The number of pyridine rings is 1. The van der Waals surface area contributed by atoms with Crippen LogP contribution in [-0.4, -0.2) is 23.5 Å². The van der Waals surface area contributed by atoms with Gasteiger partial charge in [-0.15, -0.1) is 12.4 Å². The number of nitrogens with one attached hydrogen (secondary N) is 2. The van der Waals surface area contributed by atoms with Crippen LogP contribution in [-0.2, 0) is 4.79 Å². The van der Waals surface area contributed by atoms with Gasteiger partial charge in [0.1, 0.15) is 5.75 Å². The van der Waals surface area contributed by atoms with Gasteiger partial charge in [-0.1, -0.05) is 11.6 Å². The zero-order chi connectivity index (χ0) is 15.4. The minimum absolute atomic E-state index is 0. The van der Waals surface area contributed by atoms with E-state index in [9.17, 15) is 4.79 Å². The van der Waals surface area contributed by atoms with Gasteiger partial charge in [0.25, 0.3) is 0 Å². The lowest BCUT2D eigenvalue weighted by Crippen LogP contribution is -2.35. The van der Waals surface area contributed by atoms with Crippen LogP contribution in [0.4, 0.5) is 5.69 Å². The normalized spacial score (nSPS) is 16.5. The molecule has 1 saturated heterocycles. The minimum Gasteiger partial charge on any atom is -0.439 e. The van der Waals surface area contributed by atoms with Gasteiger partial charge in [0.05, 0.1) is 17.9 Å². The van der Waals surface area contributed by atoms with Gasteiger partial charge in [-0.2, -0.15) is 0 Å². The summed E-state index contributed by atoms with van der Waals surface area (Å²) in [5.74, 6) is 1.09. The van der Waals surface area contributed by atoms with Crippen LogP contribution < -0.4 is 15.4 Å². The molecule has 1 aliphatic rings. The standard InChI is InChI=1S/C16H16ClN3O2.ClH/c17-11-3-6-13(7-4-11)22-15-8-5-12(10-19-15)20-16(21)14-2-1-9-18-14;/h3-8,10,14,18H,1-2,9H2,(H,20,21);1H. The van der Waals surface area contributed by atoms with Crippen molar-refractivity contribution in [2.75, 3.05) is 11.9 Å². The lowest BCUT2D eigenvalue weighted by Gasteiger charge is -2.11. The molecule has 0 spiro atoms. The molecule has 0 radical (unpaired) electrons. The molecule has 0 aliphatic carbocycles. The summed E-state index contributed by atoms with van der Waals surface area (Å²) in [4.78, 5) is 16.2. The molecule has 2 aromatic rings. The Balaban J connectivity index is 0.00000192. The van der Waals surface area contributed by atoms with Crippen molar-refractivity contribution in [3.63, 3.8) is 0 Å². The molecule has 2 heterocycles. The Labute approximate surface area is 145 Å². The van der Waals surface area contributed by atoms with E-state index in [1.807, 2.05) is 0 Å². The molecule has 0 saturated carbocycles. The molecule has 7 heteroatoms. The van der Waals surface area contributed by atoms with Crippen LogP contribution in [0.5, 0.6) is 11.6 Å². The predicted octanol–water partition coefficient (Wildman–Crippen LogP) is 3.64. The van der Waals surface area contributed by atoms with Gasteiger partial charge in [0, 0.05) is 11.1 Å². The number of rotatable bonds is 4. The van der Waals surface area contributed by atoms with Gasteiger partial charge < -0.3 is 15.4 Å². The zero-order valence-electron chi connectivity index (χ0n) is 12.3. The zero-order valence-corrected chi connectivity index (χ0v) is 13.9. The number of nitrogens with zero attached hydrogens (tertiary/aromatic N) is 1. The Bertz CT molecular complexity index is 641. The molecule has 2 N–H and O–H groups in total. The summed E-state index contributed by atoms with van der Waals surface area (Å²) in [7, 11) is 0. The monoisotopic (exact) mass is 353 g/mol. The molecule has 1 aromatic carbocycles. The van der Waals surface area contributed by atoms with E-state index in [4.69, 9.17) is 16.3 Å². The molecule has 1 unspecified atom stereocenters. The number of aromatic nitrogens is 1. The van der Waals surface area contributed by atoms with Crippen LogP contribution in [0, 0.1) is 0 Å². The lowest BCUT2D eigenvalue weighted by molar-refractivity contribution is -0.117. The van der Waals surface area contributed by atoms with Crippen LogP contribution in [0.2, 0.25) is 5.02 Å². The van der Waals surface area contributed by atoms with Crippen LogP contribution >= 0.6 is 24.0 Å². The first-order valence-corrected chi connectivity index (χ1v) is 7.52. The van der Waals surface area contributed by atoms with E-state index < -0.39 is 0 Å². The van der Waals surface area contributed by atoms with E-state index in [1.54, 1.807) is 42.6 Å². The Morgan fingerprint density at radius 3 is 2.65 bits per heavy atom. The maximum Gasteiger partial charge on any atom is 0.241 e. The minimum atomic E-state index is -0.106. The lowest BCUT2D eigenvalue weighted by atomic mass is 10.2. The quantitative estimate of drug-likeness (QED) is 0.880. The Morgan fingerprint density at radius 1 is 1.26 bits per heavy atom. The first kappa shape index (κ1) is 17.5. The second-order valence-electron chi connectivity index (χ2n) is 5.08. The molecular formula is C16H17Cl2N3O2. The number of carbonyl (C=O) groups is 1. The van der Waals surface area contributed by atoms with Crippen molar-refractivity contribution in [3.8, 4) is 11.6 Å². The number of halogens is 2. The number of hydrogen-bond donors (Lipinski definition) is 2. The van der Waals surface area contributed by atoms with Crippen molar-refractivity contribution in [2.24, 2.45) is 0 Å². The Morgan fingerprint density at radius 2 is 2.04 bits per heavy atom. The molecule has 5 nitrogen and oxygen atoms in total. The van der Waals surface area contributed by atoms with E-state index in [0.29, 0.717) is 22.3 Å². The van der Waals surface area contributed by atoms with Crippen LogP contribution in [0.3, 0.4) is 0 Å². The van der Waals surface area contributed by atoms with Gasteiger partial charge in [0.2, 0.25) is 11.8 Å². The van der Waals surface area contributed by atoms with E-state index in [2.05, 4.69) is 15.6 Å². The summed E-state index contributed by atoms with van der Waals surface area (Å²) in [5.41, 5.74) is 0.655. The molecule has 1 aromatic heterocycles. The fourth-order valence-electron chi connectivity index (χ4n) is 2.28. The summed E-state index contributed by atoms with van der Waals surface area (Å²) < 4.78 is 5.60. The van der Waals surface area contributed by atoms with Crippen LogP contribution in [0.25, 0.3) is 0 Å². The van der Waals surface area contributed by atoms with E-state index in [-0.39, 0.29) is 24.4 Å². The smallest absolute Gasteiger partial charge is 0.241 e. The SMILES string of the molecule is Cl.O=C(Nc1ccc(Oc2ccc(Cl)cc2)nc1)C1CCCN1. The topological polar surface area (TPSA) is 63.2 Å². The highest BCUT2D eigenvalue weighted by atomic mass is 35.5. The first-order valence-electron chi connectivity index (χ1n) is 7.14. The van der Waals surface area contributed by atoms with E-state index in [1.165, 1.54) is 0 Å². The fraction of sp³-hybridized carbons (Fsp3) is 0.250. The maximum absolute atomic E-state index is 12.0. The third-order valence-electron chi connectivity index (χ3n) is 3.42. The summed E-state index contributed by atoms with van der Waals surface area (Å²) in [6, 6.07) is 10.4. The fourth-order valence-corrected chi connectivity index (χ4v) is 2.40. The van der Waals surface area contributed by atoms with Gasteiger partial charge >= 0.3 is 0 Å². The van der Waals surface area contributed by atoms with E-state index in [0.717, 1.165) is 19.4 Å². The molecule has 23 heavy (non-hydrogen) atoms. The number of anilines is 1. The summed E-state index contributed by atoms with van der Waals surface area (Å²) >= 11 is 5.82. The highest BCUT2D eigenvalue weighted by Crippen LogP contribution is 2.22. The maximum atomic E-state index is 12.0. The number of ether oxygens (including phenoxy) is 1. The molecule has 1 atom stereocenters.